The Hall–Kier alpha value is -1.88. The van der Waals surface area contributed by atoms with Crippen LogP contribution in [0.3, 0.4) is 0 Å². The lowest BCUT2D eigenvalue weighted by Gasteiger charge is -2.33. The highest BCUT2D eigenvalue weighted by Crippen LogP contribution is 2.28. The molecule has 2 amide bonds. The van der Waals surface area contributed by atoms with E-state index in [-0.39, 0.29) is 24.3 Å². The standard InChI is InChI=1S/C17H23N3O2/c21-16(12-15-17(22)19-9-8-18-15)20-10-6-14(7-11-20)13-4-2-1-3-5-13/h1-5,14-15,18H,6-12H2,(H,19,22). The summed E-state index contributed by atoms with van der Waals surface area (Å²) in [5.74, 6) is 0.571. The van der Waals surface area contributed by atoms with Gasteiger partial charge in [-0.3, -0.25) is 9.59 Å². The highest BCUT2D eigenvalue weighted by Gasteiger charge is 2.29. The summed E-state index contributed by atoms with van der Waals surface area (Å²) in [5.41, 5.74) is 1.36. The van der Waals surface area contributed by atoms with Crippen molar-refractivity contribution in [3.63, 3.8) is 0 Å². The number of likely N-dealkylation sites (tertiary alicyclic amines) is 1. The van der Waals surface area contributed by atoms with Crippen LogP contribution in [0.15, 0.2) is 30.3 Å². The van der Waals surface area contributed by atoms with Gasteiger partial charge in [0.2, 0.25) is 11.8 Å². The van der Waals surface area contributed by atoms with E-state index in [9.17, 15) is 9.59 Å². The Bertz CT molecular complexity index is 524. The molecule has 118 valence electrons. The van der Waals surface area contributed by atoms with E-state index < -0.39 is 0 Å². The van der Waals surface area contributed by atoms with Crippen molar-refractivity contribution in [2.24, 2.45) is 0 Å². The highest BCUT2D eigenvalue weighted by atomic mass is 16.2. The van der Waals surface area contributed by atoms with Gasteiger partial charge in [0.25, 0.3) is 0 Å². The van der Waals surface area contributed by atoms with Gasteiger partial charge in [-0.1, -0.05) is 30.3 Å². The van der Waals surface area contributed by atoms with Gasteiger partial charge in [0.1, 0.15) is 0 Å². The number of hydrogen-bond acceptors (Lipinski definition) is 3. The molecule has 3 rings (SSSR count). The molecule has 0 aromatic heterocycles. The fraction of sp³-hybridized carbons (Fsp3) is 0.529. The third-order valence-electron chi connectivity index (χ3n) is 4.63. The smallest absolute Gasteiger partial charge is 0.237 e. The summed E-state index contributed by atoms with van der Waals surface area (Å²) in [4.78, 5) is 26.0. The molecule has 22 heavy (non-hydrogen) atoms. The zero-order valence-electron chi connectivity index (χ0n) is 12.8. The molecule has 0 saturated carbocycles. The first kappa shape index (κ1) is 15.0. The average Bonchev–Trinajstić information content (AvgIpc) is 2.58. The summed E-state index contributed by atoms with van der Waals surface area (Å²) in [6, 6.07) is 10.1. The topological polar surface area (TPSA) is 61.4 Å². The van der Waals surface area contributed by atoms with Crippen LogP contribution in [0.1, 0.15) is 30.7 Å². The zero-order valence-corrected chi connectivity index (χ0v) is 12.8. The zero-order chi connectivity index (χ0) is 15.4. The second-order valence-electron chi connectivity index (χ2n) is 6.07. The van der Waals surface area contributed by atoms with Gasteiger partial charge in [-0.15, -0.1) is 0 Å². The summed E-state index contributed by atoms with van der Waals surface area (Å²) >= 11 is 0. The Balaban J connectivity index is 1.50. The number of piperidine rings is 1. The quantitative estimate of drug-likeness (QED) is 0.871. The maximum atomic E-state index is 12.4. The summed E-state index contributed by atoms with van der Waals surface area (Å²) in [7, 11) is 0. The van der Waals surface area contributed by atoms with Gasteiger partial charge in [-0.25, -0.2) is 0 Å². The minimum absolute atomic E-state index is 0.0567. The Morgan fingerprint density at radius 1 is 1.14 bits per heavy atom. The highest BCUT2D eigenvalue weighted by molar-refractivity contribution is 5.88. The van der Waals surface area contributed by atoms with E-state index in [1.54, 1.807) is 0 Å². The van der Waals surface area contributed by atoms with Crippen molar-refractivity contribution in [2.75, 3.05) is 26.2 Å². The fourth-order valence-corrected chi connectivity index (χ4v) is 3.30. The third-order valence-corrected chi connectivity index (χ3v) is 4.63. The Morgan fingerprint density at radius 3 is 2.55 bits per heavy atom. The number of nitrogens with one attached hydrogen (secondary N) is 2. The minimum Gasteiger partial charge on any atom is -0.353 e. The number of amides is 2. The maximum Gasteiger partial charge on any atom is 0.237 e. The summed E-state index contributed by atoms with van der Waals surface area (Å²) in [5, 5.41) is 5.91. The Labute approximate surface area is 131 Å². The van der Waals surface area contributed by atoms with E-state index in [0.717, 1.165) is 32.5 Å². The van der Waals surface area contributed by atoms with Crippen molar-refractivity contribution in [1.82, 2.24) is 15.5 Å². The molecule has 1 aromatic carbocycles. The number of carbonyl (C=O) groups is 2. The van der Waals surface area contributed by atoms with Crippen LogP contribution in [0.25, 0.3) is 0 Å². The molecule has 2 aliphatic heterocycles. The number of rotatable bonds is 3. The molecule has 1 aromatic rings. The lowest BCUT2D eigenvalue weighted by Crippen LogP contribution is -2.54. The second kappa shape index (κ2) is 6.92. The van der Waals surface area contributed by atoms with E-state index >= 15 is 0 Å². The van der Waals surface area contributed by atoms with E-state index in [1.807, 2.05) is 11.0 Å². The summed E-state index contributed by atoms with van der Waals surface area (Å²) < 4.78 is 0. The molecule has 2 fully saturated rings. The summed E-state index contributed by atoms with van der Waals surface area (Å²) in [6.07, 6.45) is 2.27. The predicted octanol–water partition coefficient (Wildman–Crippen LogP) is 0.871. The largest absolute Gasteiger partial charge is 0.353 e. The van der Waals surface area contributed by atoms with Gasteiger partial charge in [-0.2, -0.15) is 0 Å². The average molecular weight is 301 g/mol. The van der Waals surface area contributed by atoms with Crippen molar-refractivity contribution < 1.29 is 9.59 Å². The number of piperazine rings is 1. The van der Waals surface area contributed by atoms with Crippen molar-refractivity contribution >= 4 is 11.8 Å². The van der Waals surface area contributed by atoms with Gasteiger partial charge in [-0.05, 0) is 24.3 Å². The van der Waals surface area contributed by atoms with Crippen LogP contribution in [0.4, 0.5) is 0 Å². The van der Waals surface area contributed by atoms with Gasteiger partial charge in [0.15, 0.2) is 0 Å². The molecule has 1 unspecified atom stereocenters. The first-order chi connectivity index (χ1) is 10.7. The molecule has 0 bridgehead atoms. The van der Waals surface area contributed by atoms with E-state index in [0.29, 0.717) is 12.5 Å². The summed E-state index contributed by atoms with van der Waals surface area (Å²) in [6.45, 7) is 2.95. The molecule has 2 aliphatic rings. The number of carbonyl (C=O) groups excluding carboxylic acids is 2. The van der Waals surface area contributed by atoms with Crippen LogP contribution in [0, 0.1) is 0 Å². The molecule has 1 atom stereocenters. The Morgan fingerprint density at radius 2 is 1.86 bits per heavy atom. The number of benzene rings is 1. The molecule has 2 heterocycles. The van der Waals surface area contributed by atoms with Crippen molar-refractivity contribution in [3.8, 4) is 0 Å². The fourth-order valence-electron chi connectivity index (χ4n) is 3.30. The normalized spacial score (nSPS) is 23.2. The molecule has 2 N–H and O–H groups in total. The van der Waals surface area contributed by atoms with Crippen LogP contribution in [0.2, 0.25) is 0 Å². The van der Waals surface area contributed by atoms with Crippen LogP contribution >= 0.6 is 0 Å². The molecule has 0 radical (unpaired) electrons. The molecular formula is C17H23N3O2. The molecule has 5 nitrogen and oxygen atoms in total. The predicted molar refractivity (Wildman–Crippen MR) is 84.4 cm³/mol. The first-order valence-electron chi connectivity index (χ1n) is 8.08. The molecular weight excluding hydrogens is 278 g/mol. The van der Waals surface area contributed by atoms with E-state index in [2.05, 4.69) is 34.9 Å². The van der Waals surface area contributed by atoms with Gasteiger partial charge >= 0.3 is 0 Å². The SMILES string of the molecule is O=C1NCCNC1CC(=O)N1CCC(c2ccccc2)CC1. The molecule has 0 spiro atoms. The van der Waals surface area contributed by atoms with E-state index in [1.165, 1.54) is 5.56 Å². The van der Waals surface area contributed by atoms with Crippen molar-refractivity contribution in [2.45, 2.75) is 31.2 Å². The Kier molecular flexibility index (Phi) is 4.73. The van der Waals surface area contributed by atoms with Crippen LogP contribution in [0.5, 0.6) is 0 Å². The second-order valence-corrected chi connectivity index (χ2v) is 6.07. The molecule has 0 aliphatic carbocycles. The number of hydrogen-bond donors (Lipinski definition) is 2. The lowest BCUT2D eigenvalue weighted by atomic mass is 9.89. The van der Waals surface area contributed by atoms with Crippen LogP contribution in [-0.2, 0) is 9.59 Å². The third kappa shape index (κ3) is 3.47. The van der Waals surface area contributed by atoms with Crippen LogP contribution in [-0.4, -0.2) is 48.9 Å². The van der Waals surface area contributed by atoms with Gasteiger partial charge < -0.3 is 15.5 Å². The van der Waals surface area contributed by atoms with Crippen LogP contribution < -0.4 is 10.6 Å². The van der Waals surface area contributed by atoms with Crippen molar-refractivity contribution in [3.05, 3.63) is 35.9 Å². The van der Waals surface area contributed by atoms with Gasteiger partial charge in [0.05, 0.1) is 12.5 Å². The maximum absolute atomic E-state index is 12.4. The molecule has 2 saturated heterocycles. The van der Waals surface area contributed by atoms with Gasteiger partial charge in [0, 0.05) is 26.2 Å². The number of nitrogens with zero attached hydrogens (tertiary/aromatic N) is 1. The molecule has 5 heteroatoms. The van der Waals surface area contributed by atoms with E-state index in [4.69, 9.17) is 0 Å². The first-order valence-corrected chi connectivity index (χ1v) is 8.08. The monoisotopic (exact) mass is 301 g/mol. The minimum atomic E-state index is -0.368. The van der Waals surface area contributed by atoms with Crippen molar-refractivity contribution in [1.29, 1.82) is 0 Å². The lowest BCUT2D eigenvalue weighted by molar-refractivity contribution is -0.136.